The van der Waals surface area contributed by atoms with E-state index in [0.717, 1.165) is 16.7 Å². The molecule has 0 radical (unpaired) electrons. The number of primary amides is 1. The summed E-state index contributed by atoms with van der Waals surface area (Å²) in [5.74, 6) is 4.58. The molecule has 8 nitrogen and oxygen atoms in total. The zero-order chi connectivity index (χ0) is 26.0. The van der Waals surface area contributed by atoms with Gasteiger partial charge in [-0.2, -0.15) is 0 Å². The molecular formula is C28H24ClN5O3. The number of nitrogens with zero attached hydrogens (tertiary/aromatic N) is 3. The SMILES string of the molecule is NC(=O)C[C@@H](C#Cc1ccncn1)NC(=O)[C@@H]1c2ccccc2CN1C(=O)C1(c2ccc(Cl)cc2)CC1. The zero-order valence-electron chi connectivity index (χ0n) is 19.9. The van der Waals surface area contributed by atoms with E-state index in [0.29, 0.717) is 30.1 Å². The molecule has 1 fully saturated rings. The minimum atomic E-state index is -0.857. The van der Waals surface area contributed by atoms with Gasteiger partial charge in [0.05, 0.1) is 17.9 Å². The van der Waals surface area contributed by atoms with Crippen LogP contribution in [0.2, 0.25) is 5.02 Å². The molecule has 0 saturated heterocycles. The molecule has 5 rings (SSSR count). The molecule has 2 atom stereocenters. The van der Waals surface area contributed by atoms with Crippen molar-refractivity contribution in [2.24, 2.45) is 5.73 Å². The molecule has 3 N–H and O–H groups in total. The van der Waals surface area contributed by atoms with Crippen LogP contribution in [0.15, 0.2) is 67.1 Å². The molecule has 0 bridgehead atoms. The number of fused-ring (bicyclic) bond motifs is 1. The molecule has 186 valence electrons. The molecule has 1 saturated carbocycles. The molecule has 2 aromatic carbocycles. The maximum absolute atomic E-state index is 14.0. The Bertz CT molecular complexity index is 1410. The molecule has 1 aromatic heterocycles. The third kappa shape index (κ3) is 5.04. The fraction of sp³-hybridized carbons (Fsp3) is 0.250. The van der Waals surface area contributed by atoms with Crippen LogP contribution in [0.3, 0.4) is 0 Å². The Morgan fingerprint density at radius 3 is 2.57 bits per heavy atom. The Kier molecular flexibility index (Phi) is 6.64. The molecule has 1 aliphatic carbocycles. The van der Waals surface area contributed by atoms with E-state index < -0.39 is 29.3 Å². The lowest BCUT2D eigenvalue weighted by Crippen LogP contribution is -2.47. The molecular weight excluding hydrogens is 490 g/mol. The van der Waals surface area contributed by atoms with Crippen molar-refractivity contribution in [3.8, 4) is 11.8 Å². The van der Waals surface area contributed by atoms with Gasteiger partial charge < -0.3 is 16.0 Å². The second kappa shape index (κ2) is 10.0. The number of amides is 3. The van der Waals surface area contributed by atoms with Gasteiger partial charge in [0.1, 0.15) is 18.1 Å². The molecule has 0 spiro atoms. The summed E-state index contributed by atoms with van der Waals surface area (Å²) in [6.45, 7) is 0.315. The smallest absolute Gasteiger partial charge is 0.248 e. The summed E-state index contributed by atoms with van der Waals surface area (Å²) >= 11 is 6.06. The van der Waals surface area contributed by atoms with Crippen molar-refractivity contribution in [2.75, 3.05) is 0 Å². The highest BCUT2D eigenvalue weighted by molar-refractivity contribution is 6.30. The number of benzene rings is 2. The third-order valence-electron chi connectivity index (χ3n) is 6.75. The molecule has 3 amide bonds. The van der Waals surface area contributed by atoms with Gasteiger partial charge in [0, 0.05) is 17.8 Å². The molecule has 1 aliphatic heterocycles. The maximum atomic E-state index is 14.0. The molecule has 2 heterocycles. The average molecular weight is 514 g/mol. The van der Waals surface area contributed by atoms with E-state index in [9.17, 15) is 14.4 Å². The first-order valence-corrected chi connectivity index (χ1v) is 12.3. The predicted molar refractivity (Wildman–Crippen MR) is 137 cm³/mol. The highest BCUT2D eigenvalue weighted by Gasteiger charge is 2.55. The Balaban J connectivity index is 1.43. The monoisotopic (exact) mass is 513 g/mol. The van der Waals surface area contributed by atoms with Gasteiger partial charge in [-0.05, 0) is 53.7 Å². The van der Waals surface area contributed by atoms with Crippen molar-refractivity contribution < 1.29 is 14.4 Å². The largest absolute Gasteiger partial charge is 0.370 e. The van der Waals surface area contributed by atoms with E-state index >= 15 is 0 Å². The second-order valence-electron chi connectivity index (χ2n) is 9.22. The van der Waals surface area contributed by atoms with Gasteiger partial charge in [-0.1, -0.05) is 53.9 Å². The van der Waals surface area contributed by atoms with Crippen LogP contribution in [-0.2, 0) is 26.3 Å². The van der Waals surface area contributed by atoms with Crippen molar-refractivity contribution >= 4 is 29.3 Å². The van der Waals surface area contributed by atoms with Crippen molar-refractivity contribution in [1.29, 1.82) is 0 Å². The number of nitrogens with one attached hydrogen (secondary N) is 1. The van der Waals surface area contributed by atoms with Crippen LogP contribution in [0.1, 0.15) is 47.7 Å². The van der Waals surface area contributed by atoms with E-state index in [1.54, 1.807) is 29.3 Å². The fourth-order valence-corrected chi connectivity index (χ4v) is 4.90. The van der Waals surface area contributed by atoms with E-state index in [2.05, 4.69) is 27.1 Å². The molecule has 2 aliphatic rings. The van der Waals surface area contributed by atoms with Crippen LogP contribution in [0.25, 0.3) is 0 Å². The summed E-state index contributed by atoms with van der Waals surface area (Å²) in [6.07, 6.45) is 4.12. The van der Waals surface area contributed by atoms with Crippen LogP contribution < -0.4 is 11.1 Å². The number of rotatable bonds is 6. The number of hydrogen-bond donors (Lipinski definition) is 2. The summed E-state index contributed by atoms with van der Waals surface area (Å²) in [5, 5.41) is 3.44. The van der Waals surface area contributed by atoms with Gasteiger partial charge >= 0.3 is 0 Å². The fourth-order valence-electron chi connectivity index (χ4n) is 4.77. The summed E-state index contributed by atoms with van der Waals surface area (Å²) in [5.41, 5.74) is 7.74. The number of hydrogen-bond acceptors (Lipinski definition) is 5. The van der Waals surface area contributed by atoms with Crippen molar-refractivity contribution in [3.63, 3.8) is 0 Å². The first kappa shape index (κ1) is 24.5. The van der Waals surface area contributed by atoms with Crippen LogP contribution in [0.4, 0.5) is 0 Å². The van der Waals surface area contributed by atoms with E-state index in [4.69, 9.17) is 17.3 Å². The van der Waals surface area contributed by atoms with E-state index in [1.165, 1.54) is 6.33 Å². The number of nitrogens with two attached hydrogens (primary N) is 1. The topological polar surface area (TPSA) is 118 Å². The predicted octanol–water partition coefficient (Wildman–Crippen LogP) is 2.66. The Morgan fingerprint density at radius 1 is 1.14 bits per heavy atom. The van der Waals surface area contributed by atoms with Gasteiger partial charge in [0.15, 0.2) is 0 Å². The van der Waals surface area contributed by atoms with E-state index in [-0.39, 0.29) is 12.3 Å². The minimum Gasteiger partial charge on any atom is -0.370 e. The van der Waals surface area contributed by atoms with Gasteiger partial charge in [-0.3, -0.25) is 14.4 Å². The Morgan fingerprint density at radius 2 is 1.89 bits per heavy atom. The normalized spacial score (nSPS) is 17.6. The number of halogens is 1. The lowest BCUT2D eigenvalue weighted by Gasteiger charge is -2.29. The van der Waals surface area contributed by atoms with Crippen LogP contribution in [-0.4, -0.2) is 38.6 Å². The standard InChI is InChI=1S/C28H24ClN5O3/c29-20-7-5-19(6-8-20)28(12-13-28)27(37)34-16-18-3-1-2-4-23(18)25(34)26(36)33-22(15-24(30)35)10-9-21-11-14-31-17-32-21/h1-8,11,14,17,22,25H,12-13,15-16H2,(H2,30,35)(H,33,36)/t22-,25+/m1/s1. The summed E-state index contributed by atoms with van der Waals surface area (Å²) < 4.78 is 0. The van der Waals surface area contributed by atoms with Gasteiger partial charge in [-0.15, -0.1) is 0 Å². The second-order valence-corrected chi connectivity index (χ2v) is 9.66. The lowest BCUT2D eigenvalue weighted by atomic mass is 9.93. The van der Waals surface area contributed by atoms with Gasteiger partial charge in [0.25, 0.3) is 0 Å². The van der Waals surface area contributed by atoms with Gasteiger partial charge in [-0.25, -0.2) is 9.97 Å². The number of aromatic nitrogens is 2. The van der Waals surface area contributed by atoms with Crippen LogP contribution >= 0.6 is 11.6 Å². The molecule has 37 heavy (non-hydrogen) atoms. The number of carbonyl (C=O) groups excluding carboxylic acids is 3. The van der Waals surface area contributed by atoms with Crippen LogP contribution in [0.5, 0.6) is 0 Å². The third-order valence-corrected chi connectivity index (χ3v) is 7.00. The molecule has 0 unspecified atom stereocenters. The number of carbonyl (C=O) groups is 3. The maximum Gasteiger partial charge on any atom is 0.248 e. The van der Waals surface area contributed by atoms with Crippen molar-refractivity contribution in [3.05, 3.63) is 94.5 Å². The summed E-state index contributed by atoms with van der Waals surface area (Å²) in [6, 6.07) is 14.7. The highest BCUT2D eigenvalue weighted by Crippen LogP contribution is 2.52. The molecule has 3 aromatic rings. The quantitative estimate of drug-likeness (QED) is 0.491. The minimum absolute atomic E-state index is 0.107. The zero-order valence-corrected chi connectivity index (χ0v) is 20.6. The highest BCUT2D eigenvalue weighted by atomic mass is 35.5. The summed E-state index contributed by atoms with van der Waals surface area (Å²) in [7, 11) is 0. The first-order chi connectivity index (χ1) is 17.9. The van der Waals surface area contributed by atoms with Crippen molar-refractivity contribution in [2.45, 2.75) is 43.3 Å². The van der Waals surface area contributed by atoms with E-state index in [1.807, 2.05) is 36.4 Å². The van der Waals surface area contributed by atoms with Crippen LogP contribution in [0, 0.1) is 11.8 Å². The molecule has 9 heteroatoms. The summed E-state index contributed by atoms with van der Waals surface area (Å²) in [4.78, 5) is 48.9. The average Bonchev–Trinajstić information content (AvgIpc) is 3.61. The first-order valence-electron chi connectivity index (χ1n) is 11.9. The Labute approximate surface area is 219 Å². The lowest BCUT2D eigenvalue weighted by molar-refractivity contribution is -0.142. The van der Waals surface area contributed by atoms with Gasteiger partial charge in [0.2, 0.25) is 17.7 Å². The van der Waals surface area contributed by atoms with Crippen molar-refractivity contribution in [1.82, 2.24) is 20.2 Å². The Hall–Kier alpha value is -4.22.